The van der Waals surface area contributed by atoms with E-state index < -0.39 is 0 Å². The summed E-state index contributed by atoms with van der Waals surface area (Å²) in [6.45, 7) is 11.0. The number of nitrogens with zero attached hydrogens (tertiary/aromatic N) is 2. The molecule has 0 aromatic carbocycles. The highest BCUT2D eigenvalue weighted by Crippen LogP contribution is 2.19. The fourth-order valence-electron chi connectivity index (χ4n) is 2.60. The summed E-state index contributed by atoms with van der Waals surface area (Å²) in [6.07, 6.45) is 1.47. The van der Waals surface area contributed by atoms with Gasteiger partial charge in [0.15, 0.2) is 0 Å². The van der Waals surface area contributed by atoms with Crippen molar-refractivity contribution in [1.29, 1.82) is 0 Å². The molecule has 0 radical (unpaired) electrons. The molecule has 1 aliphatic rings. The fraction of sp³-hybridized carbons (Fsp3) is 0.857. The van der Waals surface area contributed by atoms with E-state index in [1.54, 1.807) is 0 Å². The van der Waals surface area contributed by atoms with Crippen LogP contribution in [-0.4, -0.2) is 53.7 Å². The minimum absolute atomic E-state index is 0.105. The number of carbonyl (C=O) groups excluding carboxylic acids is 2. The largest absolute Gasteiger partial charge is 0.342 e. The van der Waals surface area contributed by atoms with E-state index in [0.717, 1.165) is 32.6 Å². The zero-order valence-electron chi connectivity index (χ0n) is 12.1. The van der Waals surface area contributed by atoms with Gasteiger partial charge in [0.2, 0.25) is 5.91 Å². The third-order valence-electron chi connectivity index (χ3n) is 4.03. The van der Waals surface area contributed by atoms with E-state index in [4.69, 9.17) is 0 Å². The number of amides is 1. The Bertz CT molecular complexity index is 300. The zero-order chi connectivity index (χ0) is 13.7. The zero-order valence-corrected chi connectivity index (χ0v) is 12.1. The Morgan fingerprint density at radius 3 is 2.50 bits per heavy atom. The molecule has 18 heavy (non-hydrogen) atoms. The minimum atomic E-state index is -0.105. The van der Waals surface area contributed by atoms with Gasteiger partial charge in [0.05, 0.1) is 6.04 Å². The first-order valence-electron chi connectivity index (χ1n) is 7.10. The van der Waals surface area contributed by atoms with Gasteiger partial charge in [-0.05, 0) is 27.2 Å². The van der Waals surface area contributed by atoms with E-state index in [-0.39, 0.29) is 17.9 Å². The van der Waals surface area contributed by atoms with Crippen LogP contribution in [0.25, 0.3) is 0 Å². The molecule has 2 unspecified atom stereocenters. The highest BCUT2D eigenvalue weighted by atomic mass is 16.2. The number of rotatable bonds is 5. The number of likely N-dealkylation sites (N-methyl/N-ethyl adjacent to an activating group) is 1. The molecular formula is C14H26N2O2. The summed E-state index contributed by atoms with van der Waals surface area (Å²) in [5.41, 5.74) is 0. The van der Waals surface area contributed by atoms with Crippen molar-refractivity contribution in [2.45, 2.75) is 46.6 Å². The number of ketones is 1. The first kappa shape index (κ1) is 15.2. The molecule has 0 spiro atoms. The van der Waals surface area contributed by atoms with Gasteiger partial charge in [-0.2, -0.15) is 0 Å². The van der Waals surface area contributed by atoms with Crippen LogP contribution in [0.15, 0.2) is 0 Å². The van der Waals surface area contributed by atoms with Gasteiger partial charge in [0.25, 0.3) is 0 Å². The molecule has 0 saturated carbocycles. The Kier molecular flexibility index (Phi) is 5.79. The van der Waals surface area contributed by atoms with Gasteiger partial charge in [-0.15, -0.1) is 0 Å². The van der Waals surface area contributed by atoms with Crippen molar-refractivity contribution in [3.05, 3.63) is 0 Å². The highest BCUT2D eigenvalue weighted by Gasteiger charge is 2.32. The minimum Gasteiger partial charge on any atom is -0.342 e. The molecule has 1 amide bonds. The van der Waals surface area contributed by atoms with Crippen LogP contribution in [0.1, 0.15) is 40.5 Å². The molecule has 0 aromatic rings. The first-order chi connectivity index (χ1) is 8.54. The molecule has 1 saturated heterocycles. The topological polar surface area (TPSA) is 40.6 Å². The number of piperidine rings is 1. The molecule has 1 rings (SSSR count). The van der Waals surface area contributed by atoms with Crippen molar-refractivity contribution in [2.24, 2.45) is 5.92 Å². The van der Waals surface area contributed by atoms with Gasteiger partial charge in [-0.25, -0.2) is 0 Å². The van der Waals surface area contributed by atoms with Crippen LogP contribution in [0.3, 0.4) is 0 Å². The van der Waals surface area contributed by atoms with Crippen LogP contribution in [0.2, 0.25) is 0 Å². The predicted molar refractivity (Wildman–Crippen MR) is 72.4 cm³/mol. The maximum absolute atomic E-state index is 12.3. The lowest BCUT2D eigenvalue weighted by atomic mass is 9.93. The first-order valence-corrected chi connectivity index (χ1v) is 7.10. The molecule has 1 fully saturated rings. The monoisotopic (exact) mass is 254 g/mol. The van der Waals surface area contributed by atoms with Crippen LogP contribution in [0.5, 0.6) is 0 Å². The van der Waals surface area contributed by atoms with Gasteiger partial charge >= 0.3 is 0 Å². The Balaban J connectivity index is 2.64. The van der Waals surface area contributed by atoms with E-state index in [1.807, 2.05) is 32.6 Å². The summed E-state index contributed by atoms with van der Waals surface area (Å²) >= 11 is 0. The summed E-state index contributed by atoms with van der Waals surface area (Å²) in [4.78, 5) is 28.0. The summed E-state index contributed by atoms with van der Waals surface area (Å²) in [5.74, 6) is 0.658. The summed E-state index contributed by atoms with van der Waals surface area (Å²) in [6, 6.07) is -0.105. The fourth-order valence-corrected chi connectivity index (χ4v) is 2.60. The molecule has 2 atom stereocenters. The maximum atomic E-state index is 12.3. The van der Waals surface area contributed by atoms with Crippen molar-refractivity contribution in [3.63, 3.8) is 0 Å². The molecule has 0 N–H and O–H groups in total. The van der Waals surface area contributed by atoms with Crippen LogP contribution in [0.4, 0.5) is 0 Å². The van der Waals surface area contributed by atoms with Crippen molar-refractivity contribution >= 4 is 11.7 Å². The number of hydrogen-bond acceptors (Lipinski definition) is 3. The van der Waals surface area contributed by atoms with E-state index in [1.165, 1.54) is 0 Å². The predicted octanol–water partition coefficient (Wildman–Crippen LogP) is 1.54. The number of likely N-dealkylation sites (tertiary alicyclic amines) is 1. The van der Waals surface area contributed by atoms with Crippen molar-refractivity contribution < 1.29 is 9.59 Å². The van der Waals surface area contributed by atoms with Gasteiger partial charge in [-0.3, -0.25) is 14.5 Å². The van der Waals surface area contributed by atoms with Gasteiger partial charge < -0.3 is 4.90 Å². The molecule has 0 bridgehead atoms. The SMILES string of the molecule is CCC1CN(C(C)C(=O)N(CC)CC)CCC1=O. The smallest absolute Gasteiger partial charge is 0.239 e. The van der Waals surface area contributed by atoms with E-state index in [2.05, 4.69) is 4.90 Å². The molecular weight excluding hydrogens is 228 g/mol. The second-order valence-corrected chi connectivity index (χ2v) is 5.00. The standard InChI is InChI=1S/C14H26N2O2/c1-5-12-10-16(9-8-13(12)17)11(4)14(18)15(6-2)7-3/h11-12H,5-10H2,1-4H3. The number of carbonyl (C=O) groups is 2. The van der Waals surface area contributed by atoms with Crippen molar-refractivity contribution in [3.8, 4) is 0 Å². The average Bonchev–Trinajstić information content (AvgIpc) is 2.39. The maximum Gasteiger partial charge on any atom is 0.239 e. The number of hydrogen-bond donors (Lipinski definition) is 0. The van der Waals surface area contributed by atoms with Gasteiger partial charge in [0.1, 0.15) is 5.78 Å². The Morgan fingerprint density at radius 2 is 2.00 bits per heavy atom. The van der Waals surface area contributed by atoms with Crippen LogP contribution in [0, 0.1) is 5.92 Å². The lowest BCUT2D eigenvalue weighted by molar-refractivity contribution is -0.139. The third kappa shape index (κ3) is 3.31. The molecule has 1 aliphatic heterocycles. The molecule has 0 aromatic heterocycles. The van der Waals surface area contributed by atoms with E-state index in [0.29, 0.717) is 12.2 Å². The lowest BCUT2D eigenvalue weighted by Gasteiger charge is -2.36. The molecule has 0 aliphatic carbocycles. The van der Waals surface area contributed by atoms with Crippen LogP contribution < -0.4 is 0 Å². The van der Waals surface area contributed by atoms with Crippen molar-refractivity contribution in [1.82, 2.24) is 9.80 Å². The Hall–Kier alpha value is -0.900. The molecule has 4 nitrogen and oxygen atoms in total. The normalized spacial score (nSPS) is 22.9. The van der Waals surface area contributed by atoms with Crippen LogP contribution >= 0.6 is 0 Å². The summed E-state index contributed by atoms with van der Waals surface area (Å²) in [7, 11) is 0. The summed E-state index contributed by atoms with van der Waals surface area (Å²) < 4.78 is 0. The third-order valence-corrected chi connectivity index (χ3v) is 4.03. The van der Waals surface area contributed by atoms with E-state index >= 15 is 0 Å². The number of Topliss-reactive ketones (excluding diaryl/α,β-unsaturated/α-hetero) is 1. The second kappa shape index (κ2) is 6.88. The van der Waals surface area contributed by atoms with Gasteiger partial charge in [0, 0.05) is 38.5 Å². The highest BCUT2D eigenvalue weighted by molar-refractivity contribution is 5.84. The molecule has 4 heteroatoms. The van der Waals surface area contributed by atoms with E-state index in [9.17, 15) is 9.59 Å². The van der Waals surface area contributed by atoms with Crippen molar-refractivity contribution in [2.75, 3.05) is 26.2 Å². The van der Waals surface area contributed by atoms with Gasteiger partial charge in [-0.1, -0.05) is 6.92 Å². The lowest BCUT2D eigenvalue weighted by Crippen LogP contribution is -2.52. The second-order valence-electron chi connectivity index (χ2n) is 5.00. The Morgan fingerprint density at radius 1 is 1.39 bits per heavy atom. The summed E-state index contributed by atoms with van der Waals surface area (Å²) in [5, 5.41) is 0. The Labute approximate surface area is 110 Å². The van der Waals surface area contributed by atoms with Crippen LogP contribution in [-0.2, 0) is 9.59 Å². The molecule has 1 heterocycles. The quantitative estimate of drug-likeness (QED) is 0.747. The molecule has 104 valence electrons. The average molecular weight is 254 g/mol.